The van der Waals surface area contributed by atoms with E-state index in [0.717, 1.165) is 12.8 Å². The van der Waals surface area contributed by atoms with Crippen LogP contribution in [0.25, 0.3) is 0 Å². The number of hydrogen-bond acceptors (Lipinski definition) is 3. The van der Waals surface area contributed by atoms with Crippen LogP contribution in [-0.2, 0) is 14.3 Å². The maximum atomic E-state index is 11.3. The summed E-state index contributed by atoms with van der Waals surface area (Å²) in [6, 6.07) is 0. The van der Waals surface area contributed by atoms with Gasteiger partial charge in [-0.1, -0.05) is 32.6 Å². The molecule has 0 aliphatic carbocycles. The number of unbranched alkanes of at least 4 members (excludes halogenated alkanes) is 4. The molecule has 0 fully saturated rings. The van der Waals surface area contributed by atoms with Gasteiger partial charge in [0.05, 0.1) is 6.54 Å². The number of esters is 1. The van der Waals surface area contributed by atoms with Crippen molar-refractivity contribution >= 4 is 11.9 Å². The molecule has 0 bridgehead atoms. The molecule has 0 atom stereocenters. The second-order valence-electron chi connectivity index (χ2n) is 3.85. The summed E-state index contributed by atoms with van der Waals surface area (Å²) in [5.41, 5.74) is 0. The Balaban J connectivity index is 3.21. The molecule has 4 heteroatoms. The zero-order chi connectivity index (χ0) is 12.2. The van der Waals surface area contributed by atoms with Crippen molar-refractivity contribution in [3.8, 4) is 0 Å². The highest BCUT2D eigenvalue weighted by Gasteiger charge is 2.00. The molecule has 94 valence electrons. The van der Waals surface area contributed by atoms with Crippen molar-refractivity contribution < 1.29 is 14.3 Å². The summed E-state index contributed by atoms with van der Waals surface area (Å²) in [6.45, 7) is 4.20. The van der Waals surface area contributed by atoms with Gasteiger partial charge in [0.1, 0.15) is 6.61 Å². The van der Waals surface area contributed by atoms with Gasteiger partial charge in [0.2, 0.25) is 5.91 Å². The summed E-state index contributed by atoms with van der Waals surface area (Å²) >= 11 is 0. The van der Waals surface area contributed by atoms with Gasteiger partial charge >= 0.3 is 5.97 Å². The molecule has 0 aromatic rings. The number of amides is 1. The van der Waals surface area contributed by atoms with Gasteiger partial charge < -0.3 is 10.1 Å². The number of ether oxygens (including phenoxy) is 1. The molecule has 4 nitrogen and oxygen atoms in total. The Morgan fingerprint density at radius 1 is 1.12 bits per heavy atom. The first kappa shape index (κ1) is 14.9. The maximum Gasteiger partial charge on any atom is 0.302 e. The Labute approximate surface area is 97.7 Å². The molecule has 16 heavy (non-hydrogen) atoms. The fraction of sp³-hybridized carbons (Fsp3) is 0.833. The van der Waals surface area contributed by atoms with Crippen LogP contribution in [0.4, 0.5) is 0 Å². The maximum absolute atomic E-state index is 11.3. The predicted octanol–water partition coefficient (Wildman–Crippen LogP) is 2.03. The third-order valence-corrected chi connectivity index (χ3v) is 2.24. The summed E-state index contributed by atoms with van der Waals surface area (Å²) in [4.78, 5) is 21.7. The Hall–Kier alpha value is -1.06. The van der Waals surface area contributed by atoms with Crippen LogP contribution in [-0.4, -0.2) is 25.0 Å². The molecule has 0 radical (unpaired) electrons. The number of carbonyl (C=O) groups excluding carboxylic acids is 2. The molecule has 0 heterocycles. The molecule has 0 unspecified atom stereocenters. The molecule has 0 rings (SSSR count). The van der Waals surface area contributed by atoms with Gasteiger partial charge in [0.15, 0.2) is 0 Å². The minimum Gasteiger partial charge on any atom is -0.464 e. The first-order valence-corrected chi connectivity index (χ1v) is 6.07. The van der Waals surface area contributed by atoms with Gasteiger partial charge in [-0.15, -0.1) is 0 Å². The molecular weight excluding hydrogens is 206 g/mol. The van der Waals surface area contributed by atoms with E-state index in [1.54, 1.807) is 0 Å². The second kappa shape index (κ2) is 10.5. The van der Waals surface area contributed by atoms with Gasteiger partial charge in [0, 0.05) is 13.3 Å². The van der Waals surface area contributed by atoms with Gasteiger partial charge in [-0.25, -0.2) is 0 Å². The van der Waals surface area contributed by atoms with Crippen molar-refractivity contribution in [2.75, 3.05) is 13.2 Å². The first-order chi connectivity index (χ1) is 7.66. The third kappa shape index (κ3) is 11.0. The lowest BCUT2D eigenvalue weighted by molar-refractivity contribution is -0.141. The monoisotopic (exact) mass is 229 g/mol. The van der Waals surface area contributed by atoms with E-state index in [-0.39, 0.29) is 18.5 Å². The summed E-state index contributed by atoms with van der Waals surface area (Å²) in [7, 11) is 0. The van der Waals surface area contributed by atoms with Crippen LogP contribution in [0.5, 0.6) is 0 Å². The van der Waals surface area contributed by atoms with Crippen LogP contribution < -0.4 is 5.32 Å². The predicted molar refractivity (Wildman–Crippen MR) is 63.0 cm³/mol. The van der Waals surface area contributed by atoms with Gasteiger partial charge in [-0.3, -0.25) is 9.59 Å². The fourth-order valence-electron chi connectivity index (χ4n) is 1.36. The van der Waals surface area contributed by atoms with Crippen LogP contribution in [0, 0.1) is 0 Å². The minimum atomic E-state index is -0.311. The highest BCUT2D eigenvalue weighted by atomic mass is 16.5. The van der Waals surface area contributed by atoms with E-state index in [0.29, 0.717) is 13.0 Å². The van der Waals surface area contributed by atoms with Gasteiger partial charge in [0.25, 0.3) is 0 Å². The van der Waals surface area contributed by atoms with E-state index in [2.05, 4.69) is 12.2 Å². The standard InChI is InChI=1S/C12H23NO3/c1-3-4-5-6-7-8-12(15)13-9-10-16-11(2)14/h3-10H2,1-2H3,(H,13,15). The molecule has 0 saturated carbocycles. The van der Waals surface area contributed by atoms with Crippen LogP contribution in [0.1, 0.15) is 52.4 Å². The van der Waals surface area contributed by atoms with Crippen molar-refractivity contribution in [2.45, 2.75) is 52.4 Å². The van der Waals surface area contributed by atoms with Crippen LogP contribution >= 0.6 is 0 Å². The number of carbonyl (C=O) groups is 2. The SMILES string of the molecule is CCCCCCCC(=O)NCCOC(C)=O. The van der Waals surface area contributed by atoms with Crippen molar-refractivity contribution in [1.82, 2.24) is 5.32 Å². The number of rotatable bonds is 9. The molecular formula is C12H23NO3. The minimum absolute atomic E-state index is 0.0450. The normalized spacial score (nSPS) is 9.88. The second-order valence-corrected chi connectivity index (χ2v) is 3.85. The highest BCUT2D eigenvalue weighted by Crippen LogP contribution is 2.04. The van der Waals surface area contributed by atoms with Crippen molar-refractivity contribution in [3.63, 3.8) is 0 Å². The van der Waals surface area contributed by atoms with Crippen molar-refractivity contribution in [1.29, 1.82) is 0 Å². The zero-order valence-corrected chi connectivity index (χ0v) is 10.4. The molecule has 1 N–H and O–H groups in total. The van der Waals surface area contributed by atoms with E-state index >= 15 is 0 Å². The van der Waals surface area contributed by atoms with E-state index in [1.807, 2.05) is 0 Å². The Morgan fingerprint density at radius 2 is 1.81 bits per heavy atom. The van der Waals surface area contributed by atoms with E-state index in [9.17, 15) is 9.59 Å². The largest absolute Gasteiger partial charge is 0.464 e. The molecule has 0 aromatic heterocycles. The Kier molecular flexibility index (Phi) is 9.76. The molecule has 0 saturated heterocycles. The molecule has 0 aromatic carbocycles. The highest BCUT2D eigenvalue weighted by molar-refractivity contribution is 5.75. The van der Waals surface area contributed by atoms with Crippen LogP contribution in [0.3, 0.4) is 0 Å². The smallest absolute Gasteiger partial charge is 0.302 e. The van der Waals surface area contributed by atoms with E-state index in [4.69, 9.17) is 4.74 Å². The lowest BCUT2D eigenvalue weighted by atomic mass is 10.1. The average Bonchev–Trinajstić information content (AvgIpc) is 2.24. The van der Waals surface area contributed by atoms with Crippen LogP contribution in [0.2, 0.25) is 0 Å². The molecule has 0 aliphatic heterocycles. The van der Waals surface area contributed by atoms with Crippen LogP contribution in [0.15, 0.2) is 0 Å². The number of nitrogens with one attached hydrogen (secondary N) is 1. The first-order valence-electron chi connectivity index (χ1n) is 6.07. The molecule has 0 spiro atoms. The Bertz CT molecular complexity index is 204. The zero-order valence-electron chi connectivity index (χ0n) is 10.4. The summed E-state index contributed by atoms with van der Waals surface area (Å²) in [6.07, 6.45) is 6.30. The summed E-state index contributed by atoms with van der Waals surface area (Å²) in [5, 5.41) is 2.71. The quantitative estimate of drug-likeness (QED) is 0.486. The van der Waals surface area contributed by atoms with Crippen molar-refractivity contribution in [2.24, 2.45) is 0 Å². The van der Waals surface area contributed by atoms with Gasteiger partial charge in [-0.2, -0.15) is 0 Å². The van der Waals surface area contributed by atoms with E-state index < -0.39 is 0 Å². The lowest BCUT2D eigenvalue weighted by Gasteiger charge is -2.05. The lowest BCUT2D eigenvalue weighted by Crippen LogP contribution is -2.27. The van der Waals surface area contributed by atoms with Crippen molar-refractivity contribution in [3.05, 3.63) is 0 Å². The molecule has 0 aliphatic rings. The average molecular weight is 229 g/mol. The fourth-order valence-corrected chi connectivity index (χ4v) is 1.36. The summed E-state index contributed by atoms with van der Waals surface area (Å²) in [5.74, 6) is -0.266. The van der Waals surface area contributed by atoms with Gasteiger partial charge in [-0.05, 0) is 6.42 Å². The van der Waals surface area contributed by atoms with E-state index in [1.165, 1.54) is 26.2 Å². The molecule has 1 amide bonds. The number of hydrogen-bond donors (Lipinski definition) is 1. The topological polar surface area (TPSA) is 55.4 Å². The third-order valence-electron chi connectivity index (χ3n) is 2.24. The Morgan fingerprint density at radius 3 is 2.44 bits per heavy atom. The summed E-state index contributed by atoms with van der Waals surface area (Å²) < 4.78 is 4.70.